The molecule has 2 nitrogen and oxygen atoms in total. The second kappa shape index (κ2) is 5.32. The summed E-state index contributed by atoms with van der Waals surface area (Å²) in [4.78, 5) is 14.2. The fraction of sp³-hybridized carbons (Fsp3) is 0.562. The quantitative estimate of drug-likeness (QED) is 0.810. The average molecular weight is 263 g/mol. The molecule has 1 amide bonds. The van der Waals surface area contributed by atoms with E-state index in [-0.39, 0.29) is 17.1 Å². The first kappa shape index (κ1) is 14.0. The highest BCUT2D eigenvalue weighted by Gasteiger charge is 2.34. The molecule has 1 aromatic rings. The predicted octanol–water partition coefficient (Wildman–Crippen LogP) is 3.75. The smallest absolute Gasteiger partial charge is 0.223 e. The van der Waals surface area contributed by atoms with Gasteiger partial charge in [-0.25, -0.2) is 4.39 Å². The van der Waals surface area contributed by atoms with Gasteiger partial charge in [0.05, 0.1) is 0 Å². The molecule has 0 aromatic heterocycles. The van der Waals surface area contributed by atoms with E-state index in [0.717, 1.165) is 12.8 Å². The molecule has 0 saturated heterocycles. The van der Waals surface area contributed by atoms with E-state index in [9.17, 15) is 9.18 Å². The lowest BCUT2D eigenvalue weighted by Gasteiger charge is -2.27. The Bertz CT molecular complexity index is 460. The lowest BCUT2D eigenvalue weighted by atomic mass is 9.91. The number of carbonyl (C=O) groups excluding carboxylic acids is 1. The number of rotatable bonds is 4. The zero-order valence-electron chi connectivity index (χ0n) is 11.9. The van der Waals surface area contributed by atoms with Crippen LogP contribution in [0.15, 0.2) is 24.3 Å². The number of hydrogen-bond acceptors (Lipinski definition) is 1. The number of carbonyl (C=O) groups is 1. The summed E-state index contributed by atoms with van der Waals surface area (Å²) >= 11 is 0. The summed E-state index contributed by atoms with van der Waals surface area (Å²) in [6.07, 6.45) is 2.60. The molecule has 1 aliphatic carbocycles. The Labute approximate surface area is 114 Å². The van der Waals surface area contributed by atoms with E-state index in [0.29, 0.717) is 24.6 Å². The molecule has 0 radical (unpaired) electrons. The van der Waals surface area contributed by atoms with Gasteiger partial charge in [0.1, 0.15) is 5.82 Å². The molecule has 0 spiro atoms. The van der Waals surface area contributed by atoms with Crippen molar-refractivity contribution in [3.63, 3.8) is 0 Å². The lowest BCUT2D eigenvalue weighted by Crippen LogP contribution is -2.35. The number of hydrogen-bond donors (Lipinski definition) is 0. The summed E-state index contributed by atoms with van der Waals surface area (Å²) < 4.78 is 13.7. The molecule has 0 heterocycles. The summed E-state index contributed by atoms with van der Waals surface area (Å²) in [5.41, 5.74) is 0.580. The van der Waals surface area contributed by atoms with Crippen molar-refractivity contribution >= 4 is 5.91 Å². The van der Waals surface area contributed by atoms with E-state index >= 15 is 0 Å². The van der Waals surface area contributed by atoms with Crippen LogP contribution < -0.4 is 0 Å². The van der Waals surface area contributed by atoms with Crippen molar-refractivity contribution < 1.29 is 9.18 Å². The van der Waals surface area contributed by atoms with Crippen molar-refractivity contribution in [2.75, 3.05) is 0 Å². The van der Waals surface area contributed by atoms with E-state index < -0.39 is 0 Å². The number of amides is 1. The van der Waals surface area contributed by atoms with E-state index in [1.165, 1.54) is 6.07 Å². The summed E-state index contributed by atoms with van der Waals surface area (Å²) in [7, 11) is 0. The first-order valence-corrected chi connectivity index (χ1v) is 6.90. The van der Waals surface area contributed by atoms with Gasteiger partial charge in [0.15, 0.2) is 0 Å². The Morgan fingerprint density at radius 3 is 2.47 bits per heavy atom. The number of nitrogens with zero attached hydrogens (tertiary/aromatic N) is 1. The molecule has 0 unspecified atom stereocenters. The van der Waals surface area contributed by atoms with Gasteiger partial charge in [0.25, 0.3) is 0 Å². The summed E-state index contributed by atoms with van der Waals surface area (Å²) in [6, 6.07) is 7.02. The topological polar surface area (TPSA) is 20.3 Å². The molecule has 1 aromatic carbocycles. The SMILES string of the molecule is CC(C)(C)CC(=O)N(Cc1ccccc1F)C1CC1. The molecule has 1 fully saturated rings. The first-order valence-electron chi connectivity index (χ1n) is 6.90. The zero-order chi connectivity index (χ0) is 14.0. The van der Waals surface area contributed by atoms with Gasteiger partial charge in [-0.15, -0.1) is 0 Å². The van der Waals surface area contributed by atoms with Crippen molar-refractivity contribution in [2.45, 2.75) is 52.6 Å². The fourth-order valence-corrected chi connectivity index (χ4v) is 2.17. The third-order valence-corrected chi connectivity index (χ3v) is 3.29. The molecular formula is C16H22FNO. The van der Waals surface area contributed by atoms with Crippen LogP contribution in [-0.2, 0) is 11.3 Å². The van der Waals surface area contributed by atoms with Crippen molar-refractivity contribution in [1.29, 1.82) is 0 Å². The second-order valence-electron chi connectivity index (χ2n) is 6.58. The number of halogens is 1. The standard InChI is InChI=1S/C16H22FNO/c1-16(2,3)10-15(19)18(13-8-9-13)11-12-6-4-5-7-14(12)17/h4-7,13H,8-11H2,1-3H3. The van der Waals surface area contributed by atoms with Crippen LogP contribution in [0.1, 0.15) is 45.6 Å². The zero-order valence-corrected chi connectivity index (χ0v) is 11.9. The maximum Gasteiger partial charge on any atom is 0.223 e. The molecule has 0 N–H and O–H groups in total. The van der Waals surface area contributed by atoms with Gasteiger partial charge in [0, 0.05) is 24.6 Å². The minimum Gasteiger partial charge on any atom is -0.335 e. The van der Waals surface area contributed by atoms with Crippen LogP contribution in [0.25, 0.3) is 0 Å². The fourth-order valence-electron chi connectivity index (χ4n) is 2.17. The van der Waals surface area contributed by atoms with Crippen molar-refractivity contribution in [3.8, 4) is 0 Å². The van der Waals surface area contributed by atoms with E-state index in [4.69, 9.17) is 0 Å². The Balaban J connectivity index is 2.09. The Morgan fingerprint density at radius 2 is 1.95 bits per heavy atom. The Kier molecular flexibility index (Phi) is 3.93. The Morgan fingerprint density at radius 1 is 1.32 bits per heavy atom. The summed E-state index contributed by atoms with van der Waals surface area (Å²) in [5.74, 6) is -0.0880. The van der Waals surface area contributed by atoms with Gasteiger partial charge in [-0.1, -0.05) is 39.0 Å². The maximum atomic E-state index is 13.7. The molecule has 2 rings (SSSR count). The van der Waals surface area contributed by atoms with Crippen LogP contribution in [-0.4, -0.2) is 16.8 Å². The van der Waals surface area contributed by atoms with Crippen molar-refractivity contribution in [3.05, 3.63) is 35.6 Å². The highest BCUT2D eigenvalue weighted by Crippen LogP contribution is 2.31. The third-order valence-electron chi connectivity index (χ3n) is 3.29. The Hall–Kier alpha value is -1.38. The predicted molar refractivity (Wildman–Crippen MR) is 74.0 cm³/mol. The van der Waals surface area contributed by atoms with E-state index in [2.05, 4.69) is 20.8 Å². The van der Waals surface area contributed by atoms with Gasteiger partial charge in [0.2, 0.25) is 5.91 Å². The highest BCUT2D eigenvalue weighted by molar-refractivity contribution is 5.77. The molecule has 1 aliphatic rings. The molecule has 0 aliphatic heterocycles. The van der Waals surface area contributed by atoms with Crippen LogP contribution in [0.5, 0.6) is 0 Å². The minimum atomic E-state index is -0.225. The summed E-state index contributed by atoms with van der Waals surface area (Å²) in [5, 5.41) is 0. The van der Waals surface area contributed by atoms with Crippen molar-refractivity contribution in [1.82, 2.24) is 4.90 Å². The molecule has 1 saturated carbocycles. The molecule has 3 heteroatoms. The molecule has 0 bridgehead atoms. The van der Waals surface area contributed by atoms with Gasteiger partial charge < -0.3 is 4.90 Å². The molecular weight excluding hydrogens is 241 g/mol. The molecule has 0 atom stereocenters. The first-order chi connectivity index (χ1) is 8.87. The van der Waals surface area contributed by atoms with Gasteiger partial charge >= 0.3 is 0 Å². The average Bonchev–Trinajstić information content (AvgIpc) is 3.09. The maximum absolute atomic E-state index is 13.7. The largest absolute Gasteiger partial charge is 0.335 e. The number of benzene rings is 1. The summed E-state index contributed by atoms with van der Waals surface area (Å²) in [6.45, 7) is 6.56. The van der Waals surface area contributed by atoms with Crippen LogP contribution in [0, 0.1) is 11.2 Å². The monoisotopic (exact) mass is 263 g/mol. The molecule has 104 valence electrons. The minimum absolute atomic E-state index is 0.0283. The van der Waals surface area contributed by atoms with Crippen molar-refractivity contribution in [2.24, 2.45) is 5.41 Å². The van der Waals surface area contributed by atoms with E-state index in [1.54, 1.807) is 12.1 Å². The van der Waals surface area contributed by atoms with Gasteiger partial charge in [-0.3, -0.25) is 4.79 Å². The van der Waals surface area contributed by atoms with Crippen LogP contribution in [0.3, 0.4) is 0 Å². The highest BCUT2D eigenvalue weighted by atomic mass is 19.1. The second-order valence-corrected chi connectivity index (χ2v) is 6.58. The normalized spacial score (nSPS) is 15.4. The van der Waals surface area contributed by atoms with Crippen LogP contribution in [0.4, 0.5) is 4.39 Å². The van der Waals surface area contributed by atoms with Crippen LogP contribution in [0.2, 0.25) is 0 Å². The van der Waals surface area contributed by atoms with Gasteiger partial charge in [-0.2, -0.15) is 0 Å². The lowest BCUT2D eigenvalue weighted by molar-refractivity contribution is -0.134. The van der Waals surface area contributed by atoms with Gasteiger partial charge in [-0.05, 0) is 24.3 Å². The third kappa shape index (κ3) is 4.05. The van der Waals surface area contributed by atoms with E-state index in [1.807, 2.05) is 11.0 Å². The van der Waals surface area contributed by atoms with Crippen LogP contribution >= 0.6 is 0 Å². The molecule has 19 heavy (non-hydrogen) atoms.